The van der Waals surface area contributed by atoms with E-state index in [9.17, 15) is 13.6 Å². The lowest BCUT2D eigenvalue weighted by Crippen LogP contribution is -3.12. The summed E-state index contributed by atoms with van der Waals surface area (Å²) in [6.07, 6.45) is 1.73. The molecule has 0 aromatic heterocycles. The van der Waals surface area contributed by atoms with Gasteiger partial charge < -0.3 is 10.2 Å². The Morgan fingerprint density at radius 3 is 2.29 bits per heavy atom. The molecule has 0 aliphatic carbocycles. The Labute approximate surface area is 140 Å². The molecule has 2 N–H and O–H groups in total. The maximum Gasteiger partial charge on any atom is 0.251 e. The van der Waals surface area contributed by atoms with Crippen LogP contribution < -0.4 is 10.2 Å². The predicted molar refractivity (Wildman–Crippen MR) is 87.7 cm³/mol. The third kappa shape index (κ3) is 4.38. The van der Waals surface area contributed by atoms with E-state index in [-0.39, 0.29) is 11.6 Å². The zero-order valence-electron chi connectivity index (χ0n) is 13.4. The molecule has 3 rings (SSSR count). The molecule has 126 valence electrons. The second kappa shape index (κ2) is 7.53. The molecule has 24 heavy (non-hydrogen) atoms. The lowest BCUT2D eigenvalue weighted by molar-refractivity contribution is -0.918. The van der Waals surface area contributed by atoms with Crippen LogP contribution in [0.25, 0.3) is 0 Å². The predicted octanol–water partition coefficient (Wildman–Crippen LogP) is 1.94. The number of benzene rings is 2. The van der Waals surface area contributed by atoms with E-state index in [1.807, 2.05) is 18.2 Å². The van der Waals surface area contributed by atoms with E-state index in [4.69, 9.17) is 0 Å². The van der Waals surface area contributed by atoms with Crippen molar-refractivity contribution in [2.75, 3.05) is 13.1 Å². The van der Waals surface area contributed by atoms with Gasteiger partial charge in [-0.25, -0.2) is 8.78 Å². The van der Waals surface area contributed by atoms with Gasteiger partial charge in [-0.15, -0.1) is 0 Å². The van der Waals surface area contributed by atoms with Gasteiger partial charge in [-0.3, -0.25) is 4.79 Å². The summed E-state index contributed by atoms with van der Waals surface area (Å²) in [6, 6.07) is 13.3. The number of nitrogens with one attached hydrogen (secondary N) is 2. The summed E-state index contributed by atoms with van der Waals surface area (Å²) >= 11 is 0. The molecule has 1 saturated heterocycles. The molecule has 2 aromatic rings. The number of likely N-dealkylation sites (tertiary alicyclic amines) is 1. The minimum absolute atomic E-state index is 0.0339. The largest absolute Gasteiger partial charge is 0.349 e. The molecule has 5 heteroatoms. The molecule has 0 atom stereocenters. The number of halogens is 2. The number of amides is 1. The van der Waals surface area contributed by atoms with Crippen molar-refractivity contribution in [1.82, 2.24) is 5.32 Å². The number of carbonyl (C=O) groups is 1. The average molecular weight is 331 g/mol. The fourth-order valence-electron chi connectivity index (χ4n) is 3.19. The van der Waals surface area contributed by atoms with E-state index >= 15 is 0 Å². The highest BCUT2D eigenvalue weighted by atomic mass is 19.1. The molecule has 1 fully saturated rings. The smallest absolute Gasteiger partial charge is 0.251 e. The van der Waals surface area contributed by atoms with Gasteiger partial charge in [-0.2, -0.15) is 0 Å². The molecule has 0 saturated carbocycles. The number of piperidine rings is 1. The molecular formula is C19H21F2N2O+. The molecule has 0 unspecified atom stereocenters. The third-order valence-corrected chi connectivity index (χ3v) is 4.45. The number of rotatable bonds is 4. The van der Waals surface area contributed by atoms with Crippen molar-refractivity contribution in [2.24, 2.45) is 0 Å². The Bertz CT molecular complexity index is 678. The Kier molecular flexibility index (Phi) is 5.20. The second-order valence-corrected chi connectivity index (χ2v) is 6.32. The number of hydrogen-bond acceptors (Lipinski definition) is 1. The van der Waals surface area contributed by atoms with Crippen LogP contribution in [0.3, 0.4) is 0 Å². The van der Waals surface area contributed by atoms with Gasteiger partial charge in [0, 0.05) is 36.1 Å². The van der Waals surface area contributed by atoms with E-state index in [2.05, 4.69) is 17.4 Å². The maximum atomic E-state index is 13.2. The van der Waals surface area contributed by atoms with E-state index < -0.39 is 17.5 Å². The van der Waals surface area contributed by atoms with E-state index in [1.54, 1.807) is 0 Å². The van der Waals surface area contributed by atoms with Gasteiger partial charge in [0.25, 0.3) is 5.91 Å². The average Bonchev–Trinajstić information content (AvgIpc) is 2.57. The molecular weight excluding hydrogens is 310 g/mol. The fourth-order valence-corrected chi connectivity index (χ4v) is 3.19. The summed E-state index contributed by atoms with van der Waals surface area (Å²) in [4.78, 5) is 13.6. The first-order valence-electron chi connectivity index (χ1n) is 8.24. The van der Waals surface area contributed by atoms with Crippen molar-refractivity contribution < 1.29 is 18.5 Å². The molecule has 0 bridgehead atoms. The van der Waals surface area contributed by atoms with Gasteiger partial charge in [0.1, 0.15) is 18.2 Å². The first-order chi connectivity index (χ1) is 11.6. The quantitative estimate of drug-likeness (QED) is 0.882. The van der Waals surface area contributed by atoms with Crippen LogP contribution in [0.15, 0.2) is 48.5 Å². The van der Waals surface area contributed by atoms with Gasteiger partial charge >= 0.3 is 0 Å². The van der Waals surface area contributed by atoms with Crippen molar-refractivity contribution in [1.29, 1.82) is 0 Å². The van der Waals surface area contributed by atoms with E-state index in [0.29, 0.717) is 0 Å². The first kappa shape index (κ1) is 16.6. The highest BCUT2D eigenvalue weighted by Crippen LogP contribution is 2.09. The molecule has 1 heterocycles. The van der Waals surface area contributed by atoms with Gasteiger partial charge in [-0.1, -0.05) is 30.3 Å². The van der Waals surface area contributed by atoms with Crippen molar-refractivity contribution >= 4 is 5.91 Å². The van der Waals surface area contributed by atoms with Crippen LogP contribution in [-0.2, 0) is 6.54 Å². The monoisotopic (exact) mass is 331 g/mol. The van der Waals surface area contributed by atoms with Gasteiger partial charge in [0.15, 0.2) is 0 Å². The molecule has 2 aromatic carbocycles. The molecule has 0 radical (unpaired) electrons. The molecule has 3 nitrogen and oxygen atoms in total. The number of quaternary nitrogens is 1. The van der Waals surface area contributed by atoms with Crippen LogP contribution in [-0.4, -0.2) is 25.0 Å². The highest BCUT2D eigenvalue weighted by Gasteiger charge is 2.24. The van der Waals surface area contributed by atoms with E-state index in [0.717, 1.165) is 50.7 Å². The minimum atomic E-state index is -0.734. The van der Waals surface area contributed by atoms with Crippen LogP contribution >= 0.6 is 0 Å². The Hall–Kier alpha value is -2.27. The zero-order chi connectivity index (χ0) is 16.9. The normalized spacial score (nSPS) is 20.6. The summed E-state index contributed by atoms with van der Waals surface area (Å²) in [5, 5.41) is 2.89. The maximum absolute atomic E-state index is 13.2. The standard InChI is InChI=1S/C19H20F2N2O/c20-16-10-15(11-17(21)12-16)19(24)22-18-6-8-23(9-7-18)13-14-4-2-1-3-5-14/h1-5,10-12,18H,6-9,13H2,(H,22,24)/p+1. The van der Waals surface area contributed by atoms with Crippen LogP contribution in [0.5, 0.6) is 0 Å². The van der Waals surface area contributed by atoms with Gasteiger partial charge in [0.2, 0.25) is 0 Å². The first-order valence-corrected chi connectivity index (χ1v) is 8.24. The Morgan fingerprint density at radius 2 is 1.67 bits per heavy atom. The van der Waals surface area contributed by atoms with Gasteiger partial charge in [-0.05, 0) is 12.1 Å². The third-order valence-electron chi connectivity index (χ3n) is 4.45. The van der Waals surface area contributed by atoms with Crippen LogP contribution in [0, 0.1) is 11.6 Å². The summed E-state index contributed by atoms with van der Waals surface area (Å²) in [6.45, 7) is 2.92. The summed E-state index contributed by atoms with van der Waals surface area (Å²) in [7, 11) is 0. The SMILES string of the molecule is O=C(NC1CC[NH+](Cc2ccccc2)CC1)c1cc(F)cc(F)c1. The van der Waals surface area contributed by atoms with Gasteiger partial charge in [0.05, 0.1) is 13.1 Å². The Morgan fingerprint density at radius 1 is 1.04 bits per heavy atom. The molecule has 0 spiro atoms. The Balaban J connectivity index is 1.51. The van der Waals surface area contributed by atoms with E-state index in [1.165, 1.54) is 10.5 Å². The van der Waals surface area contributed by atoms with Crippen LogP contribution in [0.4, 0.5) is 8.78 Å². The lowest BCUT2D eigenvalue weighted by Gasteiger charge is -2.29. The van der Waals surface area contributed by atoms with Crippen molar-refractivity contribution in [2.45, 2.75) is 25.4 Å². The molecule has 1 aliphatic heterocycles. The minimum Gasteiger partial charge on any atom is -0.349 e. The van der Waals surface area contributed by atoms with Crippen molar-refractivity contribution in [3.05, 3.63) is 71.3 Å². The number of hydrogen-bond donors (Lipinski definition) is 2. The second-order valence-electron chi connectivity index (χ2n) is 6.32. The topological polar surface area (TPSA) is 33.5 Å². The lowest BCUT2D eigenvalue weighted by atomic mass is 10.0. The zero-order valence-corrected chi connectivity index (χ0v) is 13.4. The summed E-state index contributed by atoms with van der Waals surface area (Å²) in [5.41, 5.74) is 1.34. The van der Waals surface area contributed by atoms with Crippen molar-refractivity contribution in [3.63, 3.8) is 0 Å². The van der Waals surface area contributed by atoms with Crippen molar-refractivity contribution in [3.8, 4) is 0 Å². The number of carbonyl (C=O) groups excluding carboxylic acids is 1. The molecule has 1 amide bonds. The summed E-state index contributed by atoms with van der Waals surface area (Å²) in [5.74, 6) is -1.88. The highest BCUT2D eigenvalue weighted by molar-refractivity contribution is 5.94. The van der Waals surface area contributed by atoms with Crippen LogP contribution in [0.2, 0.25) is 0 Å². The van der Waals surface area contributed by atoms with Crippen LogP contribution in [0.1, 0.15) is 28.8 Å². The summed E-state index contributed by atoms with van der Waals surface area (Å²) < 4.78 is 26.4. The fraction of sp³-hybridized carbons (Fsp3) is 0.316. The molecule has 1 aliphatic rings.